The quantitative estimate of drug-likeness (QED) is 0.206. The van der Waals surface area contributed by atoms with Gasteiger partial charge in [-0.25, -0.2) is 8.78 Å². The summed E-state index contributed by atoms with van der Waals surface area (Å²) in [6.07, 6.45) is 4.13. The molecule has 6 aromatic rings. The molecule has 1 atom stereocenters. The zero-order chi connectivity index (χ0) is 27.1. The zero-order valence-electron chi connectivity index (χ0n) is 21.2. The molecule has 0 saturated heterocycles. The van der Waals surface area contributed by atoms with Crippen LogP contribution in [0.25, 0.3) is 42.8 Å². The summed E-state index contributed by atoms with van der Waals surface area (Å²) in [4.78, 5) is 8.68. The Morgan fingerprint density at radius 1 is 1.10 bits per heavy atom. The van der Waals surface area contributed by atoms with Crippen molar-refractivity contribution in [3.05, 3.63) is 83.8 Å². The third kappa shape index (κ3) is 4.73. The Hall–Kier alpha value is -4.28. The highest BCUT2D eigenvalue weighted by Gasteiger charge is 2.21. The number of halogens is 2. The average molecular weight is 546 g/mol. The topological polar surface area (TPSA) is 102 Å². The molecule has 6 rings (SSSR count). The van der Waals surface area contributed by atoms with Crippen LogP contribution in [0.15, 0.2) is 60.9 Å². The van der Waals surface area contributed by atoms with Crippen molar-refractivity contribution in [3.63, 3.8) is 0 Å². The van der Waals surface area contributed by atoms with Crippen molar-refractivity contribution in [1.29, 1.82) is 0 Å². The van der Waals surface area contributed by atoms with Crippen molar-refractivity contribution in [2.45, 2.75) is 19.4 Å². The van der Waals surface area contributed by atoms with Crippen LogP contribution in [0.3, 0.4) is 0 Å². The molecule has 0 aliphatic carbocycles. The third-order valence-electron chi connectivity index (χ3n) is 6.61. The van der Waals surface area contributed by atoms with E-state index in [2.05, 4.69) is 26.2 Å². The van der Waals surface area contributed by atoms with Gasteiger partial charge in [-0.05, 0) is 43.2 Å². The van der Waals surface area contributed by atoms with Crippen LogP contribution in [0.1, 0.15) is 11.3 Å². The number of hydrogen-bond donors (Lipinski definition) is 3. The van der Waals surface area contributed by atoms with Crippen LogP contribution in [-0.4, -0.2) is 39.9 Å². The number of nitrogens with zero attached hydrogens (tertiary/aromatic N) is 2. The molecule has 0 unspecified atom stereocenters. The number of pyridine rings is 1. The highest BCUT2D eigenvalue weighted by Crippen LogP contribution is 2.43. The Kier molecular flexibility index (Phi) is 6.49. The molecule has 198 valence electrons. The van der Waals surface area contributed by atoms with Crippen molar-refractivity contribution in [1.82, 2.24) is 20.2 Å². The van der Waals surface area contributed by atoms with Gasteiger partial charge in [0.25, 0.3) is 0 Å². The van der Waals surface area contributed by atoms with Crippen LogP contribution in [0.4, 0.5) is 8.78 Å². The highest BCUT2D eigenvalue weighted by molar-refractivity contribution is 7.22. The molecule has 0 aliphatic heterocycles. The van der Waals surface area contributed by atoms with E-state index in [0.717, 1.165) is 43.3 Å². The molecule has 4 aromatic heterocycles. The first-order chi connectivity index (χ1) is 18.9. The van der Waals surface area contributed by atoms with E-state index in [4.69, 9.17) is 15.2 Å². The number of benzene rings is 2. The number of ether oxygens (including phenoxy) is 2. The summed E-state index contributed by atoms with van der Waals surface area (Å²) in [5.41, 5.74) is 11.6. The van der Waals surface area contributed by atoms with Gasteiger partial charge in [-0.15, -0.1) is 11.3 Å². The minimum atomic E-state index is -0.805. The van der Waals surface area contributed by atoms with Crippen molar-refractivity contribution in [3.8, 4) is 33.2 Å². The molecular weight excluding hydrogens is 520 g/mol. The summed E-state index contributed by atoms with van der Waals surface area (Å²) in [6.45, 7) is 2.19. The number of fused-ring (bicyclic) bond motifs is 2. The molecule has 7 nitrogen and oxygen atoms in total. The number of aromatic amines is 2. The van der Waals surface area contributed by atoms with Gasteiger partial charge in [0.15, 0.2) is 11.6 Å². The fraction of sp³-hybridized carbons (Fsp3) is 0.172. The molecule has 0 spiro atoms. The molecule has 0 radical (unpaired) electrons. The Labute approximate surface area is 226 Å². The van der Waals surface area contributed by atoms with E-state index in [-0.39, 0.29) is 24.0 Å². The Bertz CT molecular complexity index is 1810. The van der Waals surface area contributed by atoms with E-state index < -0.39 is 11.6 Å². The number of nitrogens with one attached hydrogen (secondary N) is 2. The second kappa shape index (κ2) is 10.1. The first-order valence-electron chi connectivity index (χ1n) is 12.3. The third-order valence-corrected chi connectivity index (χ3v) is 7.89. The van der Waals surface area contributed by atoms with Crippen LogP contribution < -0.4 is 15.2 Å². The SMILES string of the molecule is COc1c(F)cc(F)cc1-c1ncc(OC[C@@H](N)Cc2c[nH]c3ccccc23)cc1-c1cc2n[nH]c(C)c2s1. The molecule has 0 fully saturated rings. The normalized spacial score (nSPS) is 12.3. The molecule has 0 amide bonds. The summed E-state index contributed by atoms with van der Waals surface area (Å²) in [6, 6.07) is 13.5. The summed E-state index contributed by atoms with van der Waals surface area (Å²) in [7, 11) is 1.34. The minimum Gasteiger partial charge on any atom is -0.493 e. The molecule has 4 heterocycles. The van der Waals surface area contributed by atoms with E-state index in [0.29, 0.717) is 23.4 Å². The van der Waals surface area contributed by atoms with Crippen LogP contribution in [-0.2, 0) is 6.42 Å². The molecule has 4 N–H and O–H groups in total. The predicted octanol–water partition coefficient (Wildman–Crippen LogP) is 6.38. The summed E-state index contributed by atoms with van der Waals surface area (Å²) in [5, 5.41) is 8.44. The number of aryl methyl sites for hydroxylation is 1. The van der Waals surface area contributed by atoms with Crippen molar-refractivity contribution >= 4 is 32.5 Å². The standard InChI is InChI=1S/C29H25F2N5O2S/c1-15-29-25(36-35-15)11-26(39-29)21-10-19(13-34-27(21)22-8-17(30)9-23(31)28(22)37-2)38-14-18(32)7-16-12-33-24-6-4-3-5-20(16)24/h3-6,8-13,18,33H,7,14,32H2,1-2H3,(H,35,36)/t18-/m0/s1. The number of rotatable bonds is 8. The fourth-order valence-corrected chi connectivity index (χ4v) is 5.84. The second-order valence-corrected chi connectivity index (χ2v) is 10.4. The van der Waals surface area contributed by atoms with Gasteiger partial charge in [0.05, 0.1) is 23.7 Å². The van der Waals surface area contributed by atoms with Gasteiger partial charge in [0.2, 0.25) is 0 Å². The number of hydrogen-bond acceptors (Lipinski definition) is 6. The number of para-hydroxylation sites is 1. The highest BCUT2D eigenvalue weighted by atomic mass is 32.1. The minimum absolute atomic E-state index is 0.0854. The Morgan fingerprint density at radius 2 is 1.95 bits per heavy atom. The number of nitrogens with two attached hydrogens (primary N) is 1. The van der Waals surface area contributed by atoms with Crippen molar-refractivity contribution in [2.75, 3.05) is 13.7 Å². The number of H-pyrrole nitrogens is 2. The molecule has 0 bridgehead atoms. The first-order valence-corrected chi connectivity index (χ1v) is 13.1. The maximum Gasteiger partial charge on any atom is 0.168 e. The van der Waals surface area contributed by atoms with E-state index in [1.165, 1.54) is 30.7 Å². The van der Waals surface area contributed by atoms with Crippen LogP contribution >= 0.6 is 11.3 Å². The molecule has 2 aromatic carbocycles. The molecular formula is C29H25F2N5O2S. The van der Waals surface area contributed by atoms with E-state index >= 15 is 0 Å². The molecule has 0 aliphatic rings. The first kappa shape index (κ1) is 25.0. The van der Waals surface area contributed by atoms with Crippen molar-refractivity contribution in [2.24, 2.45) is 5.73 Å². The van der Waals surface area contributed by atoms with Gasteiger partial charge in [-0.1, -0.05) is 18.2 Å². The maximum absolute atomic E-state index is 14.6. The van der Waals surface area contributed by atoms with Gasteiger partial charge < -0.3 is 20.2 Å². The zero-order valence-corrected chi connectivity index (χ0v) is 22.0. The molecule has 0 saturated carbocycles. The second-order valence-electron chi connectivity index (χ2n) is 9.34. The van der Waals surface area contributed by atoms with Crippen molar-refractivity contribution < 1.29 is 18.3 Å². The Morgan fingerprint density at radius 3 is 2.77 bits per heavy atom. The lowest BCUT2D eigenvalue weighted by molar-refractivity contribution is 0.287. The lowest BCUT2D eigenvalue weighted by Crippen LogP contribution is -2.30. The van der Waals surface area contributed by atoms with Crippen LogP contribution in [0.5, 0.6) is 11.5 Å². The summed E-state index contributed by atoms with van der Waals surface area (Å²) >= 11 is 1.51. The summed E-state index contributed by atoms with van der Waals surface area (Å²) in [5.74, 6) is -1.13. The van der Waals surface area contributed by atoms with Gasteiger partial charge in [0, 0.05) is 50.9 Å². The fourth-order valence-electron chi connectivity index (χ4n) is 4.78. The molecule has 10 heteroatoms. The average Bonchev–Trinajstić information content (AvgIpc) is 3.63. The molecule has 39 heavy (non-hydrogen) atoms. The van der Waals surface area contributed by atoms with Gasteiger partial charge >= 0.3 is 0 Å². The Balaban J connectivity index is 1.34. The smallest absolute Gasteiger partial charge is 0.168 e. The van der Waals surface area contributed by atoms with Gasteiger partial charge in [-0.2, -0.15) is 5.10 Å². The number of thiophene rings is 1. The largest absolute Gasteiger partial charge is 0.493 e. The maximum atomic E-state index is 14.6. The predicted molar refractivity (Wildman–Crippen MR) is 149 cm³/mol. The van der Waals surface area contributed by atoms with E-state index in [9.17, 15) is 8.78 Å². The lowest BCUT2D eigenvalue weighted by atomic mass is 10.0. The van der Waals surface area contributed by atoms with E-state index in [1.807, 2.05) is 43.5 Å². The van der Waals surface area contributed by atoms with Crippen LogP contribution in [0.2, 0.25) is 0 Å². The van der Waals surface area contributed by atoms with Gasteiger partial charge in [-0.3, -0.25) is 10.1 Å². The van der Waals surface area contributed by atoms with E-state index in [1.54, 1.807) is 0 Å². The monoisotopic (exact) mass is 545 g/mol. The number of aromatic nitrogens is 4. The number of methoxy groups -OCH3 is 1. The van der Waals surface area contributed by atoms with Gasteiger partial charge in [0.1, 0.15) is 23.7 Å². The van der Waals surface area contributed by atoms with Crippen LogP contribution in [0, 0.1) is 18.6 Å². The summed E-state index contributed by atoms with van der Waals surface area (Å²) < 4.78 is 41.2. The lowest BCUT2D eigenvalue weighted by Gasteiger charge is -2.16.